The molecule has 1 aromatic carbocycles. The Bertz CT molecular complexity index is 796. The number of hydrogen-bond acceptors (Lipinski definition) is 5. The van der Waals surface area contributed by atoms with Crippen molar-refractivity contribution in [3.8, 4) is 0 Å². The molecule has 0 saturated carbocycles. The maximum atomic E-state index is 12.9. The van der Waals surface area contributed by atoms with Gasteiger partial charge < -0.3 is 0 Å². The van der Waals surface area contributed by atoms with Crippen LogP contribution in [0.5, 0.6) is 0 Å². The molecule has 1 aromatic heterocycles. The third kappa shape index (κ3) is 3.72. The minimum atomic E-state index is -3.43. The van der Waals surface area contributed by atoms with E-state index in [1.807, 2.05) is 4.90 Å². The summed E-state index contributed by atoms with van der Waals surface area (Å²) < 4.78 is 39.6. The van der Waals surface area contributed by atoms with E-state index in [4.69, 9.17) is 0 Å². The number of piperazine rings is 1. The van der Waals surface area contributed by atoms with Crippen molar-refractivity contribution in [3.05, 3.63) is 53.2 Å². The monoisotopic (exact) mass is 368 g/mol. The highest BCUT2D eigenvalue weighted by atomic mass is 32.2. The van der Waals surface area contributed by atoms with E-state index in [1.165, 1.54) is 39.9 Å². The van der Waals surface area contributed by atoms with E-state index < -0.39 is 10.0 Å². The average molecular weight is 368 g/mol. The van der Waals surface area contributed by atoms with Crippen LogP contribution in [0.15, 0.2) is 46.0 Å². The van der Waals surface area contributed by atoms with Crippen LogP contribution in [0.25, 0.3) is 0 Å². The standard InChI is InChI=1S/C16H17FN2O3S2/c17-14-5-3-13(4-6-14)15(20)12-18-7-9-19(10-8-18)24(21,22)16-2-1-11-23-16/h1-6,11H,7-10,12H2. The molecule has 0 aliphatic carbocycles. The van der Waals surface area contributed by atoms with Gasteiger partial charge in [-0.25, -0.2) is 12.8 Å². The van der Waals surface area contributed by atoms with Gasteiger partial charge in [0.15, 0.2) is 5.78 Å². The summed E-state index contributed by atoms with van der Waals surface area (Å²) in [6.45, 7) is 1.92. The minimum Gasteiger partial charge on any atom is -0.293 e. The number of halogens is 1. The highest BCUT2D eigenvalue weighted by Gasteiger charge is 2.29. The molecule has 1 aliphatic heterocycles. The summed E-state index contributed by atoms with van der Waals surface area (Å²) in [6, 6.07) is 8.78. The van der Waals surface area contributed by atoms with Gasteiger partial charge in [0.05, 0.1) is 6.54 Å². The lowest BCUT2D eigenvalue weighted by atomic mass is 10.1. The molecular formula is C16H17FN2O3S2. The van der Waals surface area contributed by atoms with Crippen LogP contribution in [0, 0.1) is 5.82 Å². The number of nitrogens with zero attached hydrogens (tertiary/aromatic N) is 2. The molecule has 0 radical (unpaired) electrons. The number of Topliss-reactive ketones (excluding diaryl/α,β-unsaturated/α-hetero) is 1. The summed E-state index contributed by atoms with van der Waals surface area (Å²) in [5.41, 5.74) is 0.463. The van der Waals surface area contributed by atoms with Crippen molar-refractivity contribution in [1.82, 2.24) is 9.21 Å². The van der Waals surface area contributed by atoms with Crippen LogP contribution >= 0.6 is 11.3 Å². The molecule has 24 heavy (non-hydrogen) atoms. The SMILES string of the molecule is O=C(CN1CCN(S(=O)(=O)c2cccs2)CC1)c1ccc(F)cc1. The van der Waals surface area contributed by atoms with Crippen molar-refractivity contribution in [1.29, 1.82) is 0 Å². The third-order valence-corrected chi connectivity index (χ3v) is 7.23. The van der Waals surface area contributed by atoms with E-state index in [0.717, 1.165) is 0 Å². The molecule has 1 fully saturated rings. The lowest BCUT2D eigenvalue weighted by Gasteiger charge is -2.33. The Kier molecular flexibility index (Phi) is 5.09. The van der Waals surface area contributed by atoms with Crippen LogP contribution < -0.4 is 0 Å². The Morgan fingerprint density at radius 1 is 1.08 bits per heavy atom. The Balaban J connectivity index is 1.57. The topological polar surface area (TPSA) is 57.7 Å². The molecule has 2 aromatic rings. The van der Waals surface area contributed by atoms with Gasteiger partial charge in [0.25, 0.3) is 10.0 Å². The van der Waals surface area contributed by atoms with E-state index in [1.54, 1.807) is 17.5 Å². The second-order valence-electron chi connectivity index (χ2n) is 5.54. The molecule has 1 saturated heterocycles. The van der Waals surface area contributed by atoms with Crippen LogP contribution in [0.2, 0.25) is 0 Å². The maximum Gasteiger partial charge on any atom is 0.252 e. The molecule has 0 amide bonds. The molecule has 8 heteroatoms. The molecule has 3 rings (SSSR count). The second-order valence-corrected chi connectivity index (χ2v) is 8.65. The number of rotatable bonds is 5. The molecule has 0 spiro atoms. The van der Waals surface area contributed by atoms with Crippen LogP contribution in [0.1, 0.15) is 10.4 Å². The van der Waals surface area contributed by atoms with Gasteiger partial charge in [-0.3, -0.25) is 9.69 Å². The third-order valence-electron chi connectivity index (χ3n) is 3.95. The Morgan fingerprint density at radius 3 is 2.33 bits per heavy atom. The van der Waals surface area contributed by atoms with Crippen molar-refractivity contribution >= 4 is 27.1 Å². The highest BCUT2D eigenvalue weighted by molar-refractivity contribution is 7.91. The summed E-state index contributed by atoms with van der Waals surface area (Å²) in [5.74, 6) is -0.469. The first-order valence-electron chi connectivity index (χ1n) is 7.51. The quantitative estimate of drug-likeness (QED) is 0.758. The Morgan fingerprint density at radius 2 is 1.75 bits per heavy atom. The van der Waals surface area contributed by atoms with Crippen molar-refractivity contribution in [3.63, 3.8) is 0 Å². The van der Waals surface area contributed by atoms with E-state index in [2.05, 4.69) is 0 Å². The van der Waals surface area contributed by atoms with Crippen molar-refractivity contribution in [2.24, 2.45) is 0 Å². The van der Waals surface area contributed by atoms with Gasteiger partial charge in [-0.05, 0) is 35.7 Å². The largest absolute Gasteiger partial charge is 0.293 e. The number of hydrogen-bond donors (Lipinski definition) is 0. The van der Waals surface area contributed by atoms with Gasteiger partial charge in [-0.1, -0.05) is 6.07 Å². The van der Waals surface area contributed by atoms with E-state index in [-0.39, 0.29) is 18.1 Å². The van der Waals surface area contributed by atoms with Crippen molar-refractivity contribution in [2.75, 3.05) is 32.7 Å². The van der Waals surface area contributed by atoms with Crippen molar-refractivity contribution in [2.45, 2.75) is 4.21 Å². The van der Waals surface area contributed by atoms with E-state index in [0.29, 0.717) is 36.0 Å². The molecule has 128 valence electrons. The first-order chi connectivity index (χ1) is 11.5. The lowest BCUT2D eigenvalue weighted by molar-refractivity contribution is 0.0901. The lowest BCUT2D eigenvalue weighted by Crippen LogP contribution is -2.49. The number of benzene rings is 1. The van der Waals surface area contributed by atoms with Gasteiger partial charge in [-0.15, -0.1) is 11.3 Å². The van der Waals surface area contributed by atoms with E-state index in [9.17, 15) is 17.6 Å². The zero-order chi connectivity index (χ0) is 17.2. The van der Waals surface area contributed by atoms with Gasteiger partial charge in [0.2, 0.25) is 0 Å². The van der Waals surface area contributed by atoms with Gasteiger partial charge >= 0.3 is 0 Å². The minimum absolute atomic E-state index is 0.0930. The number of thiophene rings is 1. The van der Waals surface area contributed by atoms with Crippen LogP contribution in [0.4, 0.5) is 4.39 Å². The number of sulfonamides is 1. The zero-order valence-corrected chi connectivity index (χ0v) is 14.5. The summed E-state index contributed by atoms with van der Waals surface area (Å²) in [7, 11) is -3.43. The smallest absolute Gasteiger partial charge is 0.252 e. The van der Waals surface area contributed by atoms with Gasteiger partial charge in [-0.2, -0.15) is 4.31 Å². The predicted molar refractivity (Wildman–Crippen MR) is 90.2 cm³/mol. The first kappa shape index (κ1) is 17.2. The summed E-state index contributed by atoms with van der Waals surface area (Å²) in [6.07, 6.45) is 0. The average Bonchev–Trinajstić information content (AvgIpc) is 3.11. The fraction of sp³-hybridized carbons (Fsp3) is 0.312. The highest BCUT2D eigenvalue weighted by Crippen LogP contribution is 2.22. The van der Waals surface area contributed by atoms with E-state index >= 15 is 0 Å². The first-order valence-corrected chi connectivity index (χ1v) is 9.83. The zero-order valence-electron chi connectivity index (χ0n) is 12.9. The summed E-state index contributed by atoms with van der Waals surface area (Å²) in [4.78, 5) is 14.1. The predicted octanol–water partition coefficient (Wildman–Crippen LogP) is 2.08. The maximum absolute atomic E-state index is 12.9. The second kappa shape index (κ2) is 7.10. The summed E-state index contributed by atoms with van der Waals surface area (Å²) in [5, 5.41) is 1.74. The molecule has 0 atom stereocenters. The molecule has 0 N–H and O–H groups in total. The van der Waals surface area contributed by atoms with Gasteiger partial charge in [0.1, 0.15) is 10.0 Å². The molecule has 0 bridgehead atoms. The van der Waals surface area contributed by atoms with Crippen LogP contribution in [-0.2, 0) is 10.0 Å². The number of ketones is 1. The van der Waals surface area contributed by atoms with Crippen molar-refractivity contribution < 1.29 is 17.6 Å². The molecule has 1 aliphatic rings. The molecule has 0 unspecified atom stereocenters. The Labute approximate surface area is 144 Å². The molecule has 2 heterocycles. The molecule has 5 nitrogen and oxygen atoms in total. The number of carbonyl (C=O) groups is 1. The Hall–Kier alpha value is -1.61. The van der Waals surface area contributed by atoms with Crippen LogP contribution in [0.3, 0.4) is 0 Å². The summed E-state index contributed by atoms with van der Waals surface area (Å²) >= 11 is 1.21. The fourth-order valence-corrected chi connectivity index (χ4v) is 5.16. The fourth-order valence-electron chi connectivity index (χ4n) is 2.60. The molecular weight excluding hydrogens is 351 g/mol. The number of carbonyl (C=O) groups excluding carboxylic acids is 1. The van der Waals surface area contributed by atoms with Crippen LogP contribution in [-0.4, -0.2) is 56.1 Å². The normalized spacial score (nSPS) is 17.0. The van der Waals surface area contributed by atoms with Gasteiger partial charge in [0, 0.05) is 31.7 Å².